The maximum Gasteiger partial charge on any atom is 0.422 e. The van der Waals surface area contributed by atoms with Crippen molar-refractivity contribution in [3.63, 3.8) is 0 Å². The molecule has 2 atom stereocenters. The van der Waals surface area contributed by atoms with Gasteiger partial charge >= 0.3 is 6.18 Å². The number of alkyl halides is 3. The molecule has 134 valence electrons. The minimum absolute atomic E-state index is 0.0413. The van der Waals surface area contributed by atoms with Crippen LogP contribution >= 0.6 is 0 Å². The van der Waals surface area contributed by atoms with Gasteiger partial charge in [-0.1, -0.05) is 18.6 Å². The molecular formula is C17H23F3N2O2. The molecule has 0 aromatic heterocycles. The van der Waals surface area contributed by atoms with Crippen molar-refractivity contribution in [2.24, 2.45) is 11.7 Å². The second-order valence-electron chi connectivity index (χ2n) is 6.36. The number of benzene rings is 1. The van der Waals surface area contributed by atoms with Crippen LogP contribution in [0.15, 0.2) is 18.2 Å². The third-order valence-electron chi connectivity index (χ3n) is 4.15. The van der Waals surface area contributed by atoms with Crippen LogP contribution in [0.4, 0.5) is 13.2 Å². The van der Waals surface area contributed by atoms with Crippen LogP contribution < -0.4 is 15.8 Å². The number of amides is 1. The lowest BCUT2D eigenvalue weighted by atomic mass is 9.85. The first-order chi connectivity index (χ1) is 11.2. The SMILES string of the molecule is Cc1ccc(CNC(=O)C2CCCC(N)C2)c(OCC(F)(F)F)c1. The number of hydrogen-bond acceptors (Lipinski definition) is 3. The molecular weight excluding hydrogens is 321 g/mol. The maximum atomic E-state index is 12.4. The van der Waals surface area contributed by atoms with Gasteiger partial charge < -0.3 is 15.8 Å². The zero-order valence-corrected chi connectivity index (χ0v) is 13.7. The van der Waals surface area contributed by atoms with Crippen LogP contribution in [0.25, 0.3) is 0 Å². The van der Waals surface area contributed by atoms with Crippen LogP contribution in [-0.2, 0) is 11.3 Å². The monoisotopic (exact) mass is 344 g/mol. The van der Waals surface area contributed by atoms with Crippen molar-refractivity contribution in [1.29, 1.82) is 0 Å². The third kappa shape index (κ3) is 5.70. The third-order valence-corrected chi connectivity index (χ3v) is 4.15. The van der Waals surface area contributed by atoms with Gasteiger partial charge in [0.15, 0.2) is 6.61 Å². The Morgan fingerprint density at radius 3 is 2.79 bits per heavy atom. The van der Waals surface area contributed by atoms with Crippen LogP contribution in [0.5, 0.6) is 5.75 Å². The molecule has 4 nitrogen and oxygen atoms in total. The fourth-order valence-electron chi connectivity index (χ4n) is 2.89. The van der Waals surface area contributed by atoms with E-state index in [0.717, 1.165) is 24.8 Å². The van der Waals surface area contributed by atoms with Gasteiger partial charge in [0, 0.05) is 24.1 Å². The average molecular weight is 344 g/mol. The molecule has 2 unspecified atom stereocenters. The number of carbonyl (C=O) groups is 1. The molecule has 0 radical (unpaired) electrons. The molecule has 1 aromatic carbocycles. The Morgan fingerprint density at radius 2 is 2.12 bits per heavy atom. The van der Waals surface area contributed by atoms with Crippen molar-refractivity contribution in [1.82, 2.24) is 5.32 Å². The highest BCUT2D eigenvalue weighted by molar-refractivity contribution is 5.78. The molecule has 0 bridgehead atoms. The quantitative estimate of drug-likeness (QED) is 0.863. The molecule has 1 aliphatic rings. The molecule has 1 fully saturated rings. The summed E-state index contributed by atoms with van der Waals surface area (Å²) in [6, 6.07) is 5.04. The van der Waals surface area contributed by atoms with Crippen molar-refractivity contribution in [3.05, 3.63) is 29.3 Å². The molecule has 0 saturated heterocycles. The van der Waals surface area contributed by atoms with E-state index >= 15 is 0 Å². The summed E-state index contributed by atoms with van der Waals surface area (Å²) in [6.45, 7) is 0.555. The summed E-state index contributed by atoms with van der Waals surface area (Å²) in [7, 11) is 0. The van der Waals surface area contributed by atoms with Crippen LogP contribution in [0.2, 0.25) is 0 Å². The first-order valence-corrected chi connectivity index (χ1v) is 8.07. The summed E-state index contributed by atoms with van der Waals surface area (Å²) in [5.74, 6) is -0.0841. The summed E-state index contributed by atoms with van der Waals surface area (Å²) in [4.78, 5) is 12.2. The Labute approximate surface area is 139 Å². The van der Waals surface area contributed by atoms with Gasteiger partial charge in [-0.2, -0.15) is 13.2 Å². The molecule has 3 N–H and O–H groups in total. The Balaban J connectivity index is 1.97. The number of ether oxygens (including phenoxy) is 1. The van der Waals surface area contributed by atoms with E-state index in [1.165, 1.54) is 0 Å². The van der Waals surface area contributed by atoms with Crippen molar-refractivity contribution in [3.8, 4) is 5.75 Å². The van der Waals surface area contributed by atoms with Crippen LogP contribution in [0.1, 0.15) is 36.8 Å². The van der Waals surface area contributed by atoms with Crippen molar-refractivity contribution in [2.45, 2.75) is 51.4 Å². The molecule has 24 heavy (non-hydrogen) atoms. The highest BCUT2D eigenvalue weighted by atomic mass is 19.4. The number of halogens is 3. The average Bonchev–Trinajstić information content (AvgIpc) is 2.51. The summed E-state index contributed by atoms with van der Waals surface area (Å²) in [5.41, 5.74) is 7.20. The van der Waals surface area contributed by atoms with Crippen LogP contribution in [0.3, 0.4) is 0 Å². The van der Waals surface area contributed by atoms with E-state index in [9.17, 15) is 18.0 Å². The number of nitrogens with two attached hydrogens (primary N) is 1. The standard InChI is InChI=1S/C17H23F3N2O2/c1-11-5-6-13(15(7-11)24-10-17(18,19)20)9-22-16(23)12-3-2-4-14(21)8-12/h5-7,12,14H,2-4,8-10,21H2,1H3,(H,22,23). The molecule has 2 rings (SSSR count). The number of aryl methyl sites for hydroxylation is 1. The lowest BCUT2D eigenvalue weighted by molar-refractivity contribution is -0.153. The van der Waals surface area contributed by atoms with E-state index in [0.29, 0.717) is 12.0 Å². The Kier molecular flexibility index (Phi) is 6.10. The van der Waals surface area contributed by atoms with Gasteiger partial charge in [-0.05, 0) is 37.8 Å². The van der Waals surface area contributed by atoms with Crippen molar-refractivity contribution >= 4 is 5.91 Å². The van der Waals surface area contributed by atoms with E-state index in [4.69, 9.17) is 10.5 Å². The predicted octanol–water partition coefficient (Wildman–Crippen LogP) is 3.07. The second kappa shape index (κ2) is 7.88. The van der Waals surface area contributed by atoms with Crippen molar-refractivity contribution < 1.29 is 22.7 Å². The summed E-state index contributed by atoms with van der Waals surface area (Å²) in [5, 5.41) is 2.79. The van der Waals surface area contributed by atoms with Gasteiger partial charge in [0.1, 0.15) is 5.75 Å². The Bertz CT molecular complexity index is 575. The van der Waals surface area contributed by atoms with E-state index in [1.807, 2.05) is 0 Å². The van der Waals surface area contributed by atoms with Crippen LogP contribution in [0, 0.1) is 12.8 Å². The molecule has 0 aliphatic heterocycles. The van der Waals surface area contributed by atoms with Gasteiger partial charge in [-0.3, -0.25) is 4.79 Å². The summed E-state index contributed by atoms with van der Waals surface area (Å²) >= 11 is 0. The van der Waals surface area contributed by atoms with Crippen molar-refractivity contribution in [2.75, 3.05) is 6.61 Å². The molecule has 7 heteroatoms. The van der Waals surface area contributed by atoms with E-state index in [2.05, 4.69) is 5.32 Å². The number of nitrogens with one attached hydrogen (secondary N) is 1. The molecule has 1 aliphatic carbocycles. The predicted molar refractivity (Wildman–Crippen MR) is 84.5 cm³/mol. The smallest absolute Gasteiger partial charge is 0.422 e. The minimum atomic E-state index is -4.40. The molecule has 0 heterocycles. The fourth-order valence-corrected chi connectivity index (χ4v) is 2.89. The summed E-state index contributed by atoms with van der Waals surface area (Å²) < 4.78 is 42.0. The molecule has 1 amide bonds. The largest absolute Gasteiger partial charge is 0.484 e. The lowest BCUT2D eigenvalue weighted by Crippen LogP contribution is -2.37. The van der Waals surface area contributed by atoms with Gasteiger partial charge in [0.05, 0.1) is 0 Å². The van der Waals surface area contributed by atoms with Gasteiger partial charge in [0.2, 0.25) is 5.91 Å². The molecule has 1 saturated carbocycles. The first-order valence-electron chi connectivity index (χ1n) is 8.07. The van der Waals surface area contributed by atoms with E-state index in [1.54, 1.807) is 25.1 Å². The zero-order chi connectivity index (χ0) is 17.7. The van der Waals surface area contributed by atoms with E-state index < -0.39 is 12.8 Å². The first kappa shape index (κ1) is 18.6. The normalized spacial score (nSPS) is 21.4. The minimum Gasteiger partial charge on any atom is -0.484 e. The van der Waals surface area contributed by atoms with Crippen LogP contribution in [-0.4, -0.2) is 24.7 Å². The fraction of sp³-hybridized carbons (Fsp3) is 0.588. The highest BCUT2D eigenvalue weighted by Crippen LogP contribution is 2.25. The van der Waals surface area contributed by atoms with E-state index in [-0.39, 0.29) is 30.2 Å². The summed E-state index contributed by atoms with van der Waals surface area (Å²) in [6.07, 6.45) is -1.11. The zero-order valence-electron chi connectivity index (χ0n) is 13.7. The Morgan fingerprint density at radius 1 is 1.38 bits per heavy atom. The Hall–Kier alpha value is -1.76. The second-order valence-corrected chi connectivity index (χ2v) is 6.36. The maximum absolute atomic E-state index is 12.4. The van der Waals surface area contributed by atoms with Gasteiger partial charge in [-0.25, -0.2) is 0 Å². The van der Waals surface area contributed by atoms with Gasteiger partial charge in [-0.15, -0.1) is 0 Å². The molecule has 0 spiro atoms. The number of rotatable bonds is 5. The lowest BCUT2D eigenvalue weighted by Gasteiger charge is -2.25. The number of hydrogen-bond donors (Lipinski definition) is 2. The highest BCUT2D eigenvalue weighted by Gasteiger charge is 2.29. The molecule has 1 aromatic rings. The van der Waals surface area contributed by atoms with Gasteiger partial charge in [0.25, 0.3) is 0 Å². The topological polar surface area (TPSA) is 64.4 Å². The number of carbonyl (C=O) groups excluding carboxylic acids is 1.